The Balaban J connectivity index is 1.88. The Bertz CT molecular complexity index is 628. The summed E-state index contributed by atoms with van der Waals surface area (Å²) in [6.07, 6.45) is 3.33. The Morgan fingerprint density at radius 3 is 2.58 bits per heavy atom. The van der Waals surface area contributed by atoms with Crippen LogP contribution in [0.3, 0.4) is 0 Å². The number of carbonyl (C=O) groups is 2. The highest BCUT2D eigenvalue weighted by atomic mass is 19.1. The van der Waals surface area contributed by atoms with Gasteiger partial charge in [-0.25, -0.2) is 9.18 Å². The van der Waals surface area contributed by atoms with Crippen molar-refractivity contribution in [3.63, 3.8) is 0 Å². The van der Waals surface area contributed by atoms with Crippen molar-refractivity contribution in [2.24, 2.45) is 0 Å². The number of benzene rings is 1. The second-order valence-corrected chi connectivity index (χ2v) is 7.25. The number of likely N-dealkylation sites (N-methyl/N-ethyl adjacent to an activating group) is 1. The van der Waals surface area contributed by atoms with E-state index in [1.165, 1.54) is 6.07 Å². The maximum atomic E-state index is 13.5. The number of hydrogen-bond donors (Lipinski definition) is 3. The molecule has 0 radical (unpaired) electrons. The molecule has 1 aliphatic carbocycles. The van der Waals surface area contributed by atoms with Crippen molar-refractivity contribution in [3.8, 4) is 0 Å². The molecule has 0 saturated heterocycles. The standard InChI is InChI=1S/C19H28FN3O3/c1-23(2)19(13-14-4-3-5-15(20)12-14)9-6-16(7-10-19)22-17(24)8-11-21-18(25)26/h3-5,12,16,21H,6-11,13H2,1-2H3,(H,22,24)(H,25,26). The van der Waals surface area contributed by atoms with Gasteiger partial charge in [-0.05, 0) is 63.9 Å². The Kier molecular flexibility index (Phi) is 6.97. The first-order chi connectivity index (χ1) is 12.3. The predicted octanol–water partition coefficient (Wildman–Crippen LogP) is 2.39. The lowest BCUT2D eigenvalue weighted by atomic mass is 9.75. The lowest BCUT2D eigenvalue weighted by molar-refractivity contribution is -0.122. The van der Waals surface area contributed by atoms with Crippen molar-refractivity contribution in [1.82, 2.24) is 15.5 Å². The van der Waals surface area contributed by atoms with E-state index in [2.05, 4.69) is 29.6 Å². The summed E-state index contributed by atoms with van der Waals surface area (Å²) in [7, 11) is 4.10. The molecular weight excluding hydrogens is 337 g/mol. The summed E-state index contributed by atoms with van der Waals surface area (Å²) >= 11 is 0. The summed E-state index contributed by atoms with van der Waals surface area (Å²) < 4.78 is 13.5. The van der Waals surface area contributed by atoms with Crippen LogP contribution in [0.2, 0.25) is 0 Å². The van der Waals surface area contributed by atoms with E-state index in [1.54, 1.807) is 12.1 Å². The predicted molar refractivity (Wildman–Crippen MR) is 97.6 cm³/mol. The van der Waals surface area contributed by atoms with E-state index in [9.17, 15) is 14.0 Å². The summed E-state index contributed by atoms with van der Waals surface area (Å²) in [4.78, 5) is 24.5. The lowest BCUT2D eigenvalue weighted by Gasteiger charge is -2.45. The zero-order valence-electron chi connectivity index (χ0n) is 15.4. The number of nitrogens with zero attached hydrogens (tertiary/aromatic N) is 1. The van der Waals surface area contributed by atoms with Crippen molar-refractivity contribution in [1.29, 1.82) is 0 Å². The van der Waals surface area contributed by atoms with E-state index in [0.29, 0.717) is 0 Å². The third-order valence-corrected chi connectivity index (χ3v) is 5.28. The molecule has 0 bridgehead atoms. The van der Waals surface area contributed by atoms with Gasteiger partial charge in [-0.2, -0.15) is 0 Å². The maximum absolute atomic E-state index is 13.5. The molecule has 2 amide bonds. The number of hydrogen-bond acceptors (Lipinski definition) is 3. The number of carboxylic acid groups (broad SMARTS) is 1. The third kappa shape index (κ3) is 5.69. The molecule has 3 N–H and O–H groups in total. The molecule has 1 aromatic carbocycles. The van der Waals surface area contributed by atoms with Crippen molar-refractivity contribution in [3.05, 3.63) is 35.6 Å². The summed E-state index contributed by atoms with van der Waals surface area (Å²) in [6, 6.07) is 6.85. The summed E-state index contributed by atoms with van der Waals surface area (Å²) in [5, 5.41) is 13.7. The van der Waals surface area contributed by atoms with Gasteiger partial charge in [-0.15, -0.1) is 0 Å². The van der Waals surface area contributed by atoms with Crippen molar-refractivity contribution < 1.29 is 19.1 Å². The topological polar surface area (TPSA) is 81.7 Å². The normalized spacial score (nSPS) is 22.8. The minimum atomic E-state index is -1.12. The Hall–Kier alpha value is -2.15. The first-order valence-corrected chi connectivity index (χ1v) is 8.99. The first kappa shape index (κ1) is 20.2. The lowest BCUT2D eigenvalue weighted by Crippen LogP contribution is -2.52. The minimum absolute atomic E-state index is 0.0418. The number of nitrogens with one attached hydrogen (secondary N) is 2. The quantitative estimate of drug-likeness (QED) is 0.693. The minimum Gasteiger partial charge on any atom is -0.465 e. The smallest absolute Gasteiger partial charge is 0.404 e. The van der Waals surface area contributed by atoms with Crippen LogP contribution in [0.15, 0.2) is 24.3 Å². The molecule has 7 heteroatoms. The zero-order valence-corrected chi connectivity index (χ0v) is 15.4. The highest BCUT2D eigenvalue weighted by molar-refractivity contribution is 5.77. The maximum Gasteiger partial charge on any atom is 0.404 e. The van der Waals surface area contributed by atoms with Gasteiger partial charge >= 0.3 is 6.09 Å². The molecule has 1 saturated carbocycles. The van der Waals surface area contributed by atoms with Gasteiger partial charge in [0.05, 0.1) is 0 Å². The average Bonchev–Trinajstić information content (AvgIpc) is 2.56. The highest BCUT2D eigenvalue weighted by Gasteiger charge is 2.37. The molecular formula is C19H28FN3O3. The third-order valence-electron chi connectivity index (χ3n) is 5.28. The van der Waals surface area contributed by atoms with Gasteiger partial charge in [0.2, 0.25) is 5.91 Å². The van der Waals surface area contributed by atoms with Crippen molar-refractivity contribution in [2.45, 2.75) is 50.1 Å². The molecule has 0 spiro atoms. The van der Waals surface area contributed by atoms with Crippen molar-refractivity contribution >= 4 is 12.0 Å². The van der Waals surface area contributed by atoms with Crippen LogP contribution in [0.25, 0.3) is 0 Å². The largest absolute Gasteiger partial charge is 0.465 e. The van der Waals surface area contributed by atoms with Crippen LogP contribution >= 0.6 is 0 Å². The van der Waals surface area contributed by atoms with Gasteiger partial charge in [-0.1, -0.05) is 12.1 Å². The van der Waals surface area contributed by atoms with E-state index < -0.39 is 6.09 Å². The fraction of sp³-hybridized carbons (Fsp3) is 0.579. The summed E-state index contributed by atoms with van der Waals surface area (Å²) in [5.41, 5.74) is 0.945. The molecule has 26 heavy (non-hydrogen) atoms. The van der Waals surface area contributed by atoms with Gasteiger partial charge in [0.25, 0.3) is 0 Å². The van der Waals surface area contributed by atoms with Gasteiger partial charge in [0, 0.05) is 24.5 Å². The number of carbonyl (C=O) groups excluding carboxylic acids is 1. The fourth-order valence-electron chi connectivity index (χ4n) is 3.69. The van der Waals surface area contributed by atoms with E-state index in [0.717, 1.165) is 37.7 Å². The van der Waals surface area contributed by atoms with Crippen LogP contribution in [0, 0.1) is 5.82 Å². The second kappa shape index (κ2) is 8.98. The van der Waals surface area contributed by atoms with E-state index >= 15 is 0 Å². The molecule has 144 valence electrons. The zero-order chi connectivity index (χ0) is 19.2. The molecule has 6 nitrogen and oxygen atoms in total. The Labute approximate surface area is 153 Å². The number of amides is 2. The van der Waals surface area contributed by atoms with Crippen LogP contribution < -0.4 is 10.6 Å². The summed E-state index contributed by atoms with van der Waals surface area (Å²) in [6.45, 7) is 0.120. The van der Waals surface area contributed by atoms with Crippen LogP contribution in [0.5, 0.6) is 0 Å². The first-order valence-electron chi connectivity index (χ1n) is 8.99. The highest BCUT2D eigenvalue weighted by Crippen LogP contribution is 2.35. The van der Waals surface area contributed by atoms with Crippen LogP contribution in [-0.4, -0.2) is 54.2 Å². The molecule has 1 fully saturated rings. The monoisotopic (exact) mass is 365 g/mol. The number of halogens is 1. The average molecular weight is 365 g/mol. The van der Waals surface area contributed by atoms with Crippen LogP contribution in [-0.2, 0) is 11.2 Å². The van der Waals surface area contributed by atoms with Gasteiger partial charge < -0.3 is 20.6 Å². The second-order valence-electron chi connectivity index (χ2n) is 7.25. The van der Waals surface area contributed by atoms with Crippen molar-refractivity contribution in [2.75, 3.05) is 20.6 Å². The van der Waals surface area contributed by atoms with E-state index in [-0.39, 0.29) is 36.3 Å². The molecule has 1 aliphatic rings. The van der Waals surface area contributed by atoms with Gasteiger partial charge in [-0.3, -0.25) is 4.79 Å². The Morgan fingerprint density at radius 2 is 2.00 bits per heavy atom. The van der Waals surface area contributed by atoms with Crippen LogP contribution in [0.4, 0.5) is 9.18 Å². The molecule has 0 unspecified atom stereocenters. The summed E-state index contributed by atoms with van der Waals surface area (Å²) in [5.74, 6) is -0.349. The fourth-order valence-corrected chi connectivity index (χ4v) is 3.69. The molecule has 0 heterocycles. The van der Waals surface area contributed by atoms with Gasteiger partial charge in [0.1, 0.15) is 5.82 Å². The molecule has 0 atom stereocenters. The number of rotatable bonds is 7. The molecule has 1 aromatic rings. The van der Waals surface area contributed by atoms with E-state index in [1.807, 2.05) is 6.07 Å². The molecule has 0 aliphatic heterocycles. The van der Waals surface area contributed by atoms with E-state index in [4.69, 9.17) is 5.11 Å². The van der Waals surface area contributed by atoms with Gasteiger partial charge in [0.15, 0.2) is 0 Å². The Morgan fingerprint density at radius 1 is 1.31 bits per heavy atom. The SMILES string of the molecule is CN(C)C1(Cc2cccc(F)c2)CCC(NC(=O)CCNC(=O)O)CC1. The molecule has 2 rings (SSSR count). The van der Waals surface area contributed by atoms with Crippen LogP contribution in [0.1, 0.15) is 37.7 Å². The molecule has 0 aromatic heterocycles.